The van der Waals surface area contributed by atoms with Crippen molar-refractivity contribution in [2.24, 2.45) is 0 Å². The Bertz CT molecular complexity index is 1300. The second-order valence-corrected chi connectivity index (χ2v) is 8.36. The summed E-state index contributed by atoms with van der Waals surface area (Å²) in [5.41, 5.74) is 3.83. The summed E-state index contributed by atoms with van der Waals surface area (Å²) in [6, 6.07) is 23.2. The normalized spacial score (nSPS) is 17.2. The summed E-state index contributed by atoms with van der Waals surface area (Å²) in [7, 11) is 3.25. The van der Waals surface area contributed by atoms with Crippen LogP contribution in [0.25, 0.3) is 0 Å². The van der Waals surface area contributed by atoms with E-state index in [0.29, 0.717) is 23.7 Å². The summed E-state index contributed by atoms with van der Waals surface area (Å²) < 4.78 is 12.5. The number of hydrogen-bond donors (Lipinski definition) is 0. The fourth-order valence-corrected chi connectivity index (χ4v) is 4.50. The standard InChI is InChI=1S/C27H26N4O3/c1-18-7-9-19(10-8-18)24-16-25(20-11-13-22(33-2)14-12-20)31-27(28-17-29-31)30(24)26(32)21-5-4-6-23(15-21)34-3/h4-15,17,24-25H,16H2,1-3H3/t24-,25+/m1/s1. The number of methoxy groups -OCH3 is 2. The zero-order chi connectivity index (χ0) is 23.7. The number of ether oxygens (including phenoxy) is 2. The van der Waals surface area contributed by atoms with Crippen LogP contribution in [0, 0.1) is 6.92 Å². The number of carbonyl (C=O) groups is 1. The van der Waals surface area contributed by atoms with Crippen LogP contribution in [0.3, 0.4) is 0 Å². The summed E-state index contributed by atoms with van der Waals surface area (Å²) in [5, 5.41) is 4.52. The van der Waals surface area contributed by atoms with E-state index >= 15 is 0 Å². The number of rotatable bonds is 5. The third-order valence-electron chi connectivity index (χ3n) is 6.32. The number of benzene rings is 3. The van der Waals surface area contributed by atoms with Gasteiger partial charge in [0.05, 0.1) is 26.3 Å². The lowest BCUT2D eigenvalue weighted by Gasteiger charge is -2.39. The molecule has 0 N–H and O–H groups in total. The van der Waals surface area contributed by atoms with E-state index in [0.717, 1.165) is 16.9 Å². The molecule has 0 radical (unpaired) electrons. The van der Waals surface area contributed by atoms with Crippen LogP contribution in [0.5, 0.6) is 11.5 Å². The number of hydrogen-bond acceptors (Lipinski definition) is 5. The van der Waals surface area contributed by atoms with Gasteiger partial charge in [0.1, 0.15) is 17.8 Å². The molecule has 1 aliphatic heterocycles. The van der Waals surface area contributed by atoms with Crippen LogP contribution in [0.2, 0.25) is 0 Å². The van der Waals surface area contributed by atoms with Gasteiger partial charge >= 0.3 is 0 Å². The van der Waals surface area contributed by atoms with Gasteiger partial charge in [-0.15, -0.1) is 0 Å². The van der Waals surface area contributed by atoms with E-state index in [9.17, 15) is 4.79 Å². The number of fused-ring (bicyclic) bond motifs is 1. The van der Waals surface area contributed by atoms with Gasteiger partial charge in [-0.25, -0.2) is 4.68 Å². The van der Waals surface area contributed by atoms with Gasteiger partial charge in [0.2, 0.25) is 5.95 Å². The summed E-state index contributed by atoms with van der Waals surface area (Å²) in [5.74, 6) is 1.80. The van der Waals surface area contributed by atoms with Gasteiger partial charge in [0, 0.05) is 5.56 Å². The van der Waals surface area contributed by atoms with Crippen LogP contribution in [-0.2, 0) is 0 Å². The van der Waals surface area contributed by atoms with Crippen molar-refractivity contribution in [2.45, 2.75) is 25.4 Å². The van der Waals surface area contributed by atoms with Gasteiger partial charge in [-0.1, -0.05) is 48.0 Å². The second-order valence-electron chi connectivity index (χ2n) is 8.36. The van der Waals surface area contributed by atoms with Gasteiger partial charge in [-0.2, -0.15) is 10.1 Å². The van der Waals surface area contributed by atoms with Crippen LogP contribution < -0.4 is 14.4 Å². The molecule has 0 aliphatic carbocycles. The predicted molar refractivity (Wildman–Crippen MR) is 129 cm³/mol. The molecule has 34 heavy (non-hydrogen) atoms. The predicted octanol–water partition coefficient (Wildman–Crippen LogP) is 4.98. The van der Waals surface area contributed by atoms with Crippen molar-refractivity contribution < 1.29 is 14.3 Å². The average Bonchev–Trinajstić information content (AvgIpc) is 3.38. The first-order valence-corrected chi connectivity index (χ1v) is 11.2. The maximum absolute atomic E-state index is 13.9. The van der Waals surface area contributed by atoms with E-state index in [1.165, 1.54) is 11.9 Å². The minimum atomic E-state index is -0.219. The van der Waals surface area contributed by atoms with Crippen LogP contribution >= 0.6 is 0 Å². The van der Waals surface area contributed by atoms with E-state index in [-0.39, 0.29) is 18.0 Å². The molecule has 0 saturated heterocycles. The molecule has 0 unspecified atom stereocenters. The molecule has 2 atom stereocenters. The van der Waals surface area contributed by atoms with E-state index in [1.807, 2.05) is 41.1 Å². The summed E-state index contributed by atoms with van der Waals surface area (Å²) in [6.07, 6.45) is 2.16. The smallest absolute Gasteiger partial charge is 0.261 e. The molecule has 0 saturated carbocycles. The van der Waals surface area contributed by atoms with Crippen molar-refractivity contribution in [3.63, 3.8) is 0 Å². The number of aromatic nitrogens is 3. The first-order valence-electron chi connectivity index (χ1n) is 11.2. The van der Waals surface area contributed by atoms with E-state index in [1.54, 1.807) is 31.3 Å². The molecule has 3 aromatic carbocycles. The lowest BCUT2D eigenvalue weighted by atomic mass is 9.91. The Balaban J connectivity index is 1.62. The lowest BCUT2D eigenvalue weighted by Crippen LogP contribution is -2.42. The van der Waals surface area contributed by atoms with Crippen LogP contribution in [0.1, 0.15) is 45.6 Å². The Hall–Kier alpha value is -4.13. The van der Waals surface area contributed by atoms with E-state index in [2.05, 4.69) is 41.3 Å². The number of nitrogens with zero attached hydrogens (tertiary/aromatic N) is 4. The van der Waals surface area contributed by atoms with Crippen LogP contribution in [0.15, 0.2) is 79.1 Å². The molecule has 0 spiro atoms. The highest BCUT2D eigenvalue weighted by Crippen LogP contribution is 2.42. The molecular weight excluding hydrogens is 428 g/mol. The fraction of sp³-hybridized carbons (Fsp3) is 0.222. The van der Waals surface area contributed by atoms with Crippen LogP contribution in [-0.4, -0.2) is 34.9 Å². The molecule has 2 heterocycles. The molecule has 172 valence electrons. The van der Waals surface area contributed by atoms with Gasteiger partial charge in [0.25, 0.3) is 5.91 Å². The first-order chi connectivity index (χ1) is 16.6. The molecule has 1 aliphatic rings. The van der Waals surface area contributed by atoms with E-state index < -0.39 is 0 Å². The van der Waals surface area contributed by atoms with Crippen molar-refractivity contribution in [1.29, 1.82) is 0 Å². The molecule has 0 bridgehead atoms. The second kappa shape index (κ2) is 9.02. The Morgan fingerprint density at radius 1 is 0.882 bits per heavy atom. The number of amides is 1. The third-order valence-corrected chi connectivity index (χ3v) is 6.32. The minimum Gasteiger partial charge on any atom is -0.497 e. The quantitative estimate of drug-likeness (QED) is 0.425. The number of aryl methyl sites for hydroxylation is 1. The molecule has 1 amide bonds. The van der Waals surface area contributed by atoms with Crippen molar-refractivity contribution >= 4 is 11.9 Å². The molecule has 4 aromatic rings. The van der Waals surface area contributed by atoms with Gasteiger partial charge in [0.15, 0.2) is 0 Å². The lowest BCUT2D eigenvalue weighted by molar-refractivity contribution is 0.0963. The molecule has 5 rings (SSSR count). The highest BCUT2D eigenvalue weighted by atomic mass is 16.5. The maximum Gasteiger partial charge on any atom is 0.261 e. The molecule has 0 fully saturated rings. The Labute approximate surface area is 198 Å². The molecule has 1 aromatic heterocycles. The molecule has 7 heteroatoms. The topological polar surface area (TPSA) is 69.5 Å². The first kappa shape index (κ1) is 21.7. The Kier molecular flexibility index (Phi) is 5.76. The van der Waals surface area contributed by atoms with Crippen LogP contribution in [0.4, 0.5) is 5.95 Å². The summed E-state index contributed by atoms with van der Waals surface area (Å²) >= 11 is 0. The zero-order valence-electron chi connectivity index (χ0n) is 19.4. The Morgan fingerprint density at radius 2 is 1.56 bits per heavy atom. The highest BCUT2D eigenvalue weighted by Gasteiger charge is 2.39. The van der Waals surface area contributed by atoms with E-state index in [4.69, 9.17) is 9.47 Å². The van der Waals surface area contributed by atoms with Gasteiger partial charge < -0.3 is 9.47 Å². The molecule has 7 nitrogen and oxygen atoms in total. The van der Waals surface area contributed by atoms with Crippen molar-refractivity contribution in [3.8, 4) is 11.5 Å². The van der Waals surface area contributed by atoms with Crippen molar-refractivity contribution in [3.05, 3.63) is 101 Å². The Morgan fingerprint density at radius 3 is 2.26 bits per heavy atom. The summed E-state index contributed by atoms with van der Waals surface area (Å²) in [4.78, 5) is 20.2. The maximum atomic E-state index is 13.9. The monoisotopic (exact) mass is 454 g/mol. The highest BCUT2D eigenvalue weighted by molar-refractivity contribution is 6.06. The van der Waals surface area contributed by atoms with Gasteiger partial charge in [-0.3, -0.25) is 9.69 Å². The SMILES string of the molecule is COc1ccc([C@@H]2C[C@H](c3ccc(C)cc3)N(C(=O)c3cccc(OC)c3)c3ncnn32)cc1. The number of anilines is 1. The minimum absolute atomic E-state index is 0.0796. The third kappa shape index (κ3) is 3.90. The largest absolute Gasteiger partial charge is 0.497 e. The average molecular weight is 455 g/mol. The summed E-state index contributed by atoms with van der Waals surface area (Å²) in [6.45, 7) is 2.06. The van der Waals surface area contributed by atoms with Crippen molar-refractivity contribution in [1.82, 2.24) is 14.8 Å². The zero-order valence-corrected chi connectivity index (χ0v) is 19.4. The van der Waals surface area contributed by atoms with Gasteiger partial charge in [-0.05, 0) is 54.8 Å². The number of carbonyl (C=O) groups excluding carboxylic acids is 1. The van der Waals surface area contributed by atoms with Crippen molar-refractivity contribution in [2.75, 3.05) is 19.1 Å². The molecular formula is C27H26N4O3. The fourth-order valence-electron chi connectivity index (χ4n) is 4.50.